The van der Waals surface area contributed by atoms with Crippen molar-refractivity contribution in [1.29, 1.82) is 0 Å². The molecule has 1 aromatic heterocycles. The van der Waals surface area contributed by atoms with E-state index in [9.17, 15) is 9.18 Å². The van der Waals surface area contributed by atoms with Crippen LogP contribution >= 0.6 is 0 Å². The molecule has 4 nitrogen and oxygen atoms in total. The van der Waals surface area contributed by atoms with Crippen molar-refractivity contribution in [2.45, 2.75) is 6.42 Å². The number of amides is 1. The van der Waals surface area contributed by atoms with Gasteiger partial charge in [0.15, 0.2) is 0 Å². The number of oxazole rings is 1. The number of nitrogens with one attached hydrogen (secondary N) is 1. The number of carbonyl (C=O) groups is 1. The number of hydrogen-bond acceptors (Lipinski definition) is 3. The lowest BCUT2D eigenvalue weighted by atomic mass is 10.1. The van der Waals surface area contributed by atoms with E-state index in [1.165, 1.54) is 12.1 Å². The highest BCUT2D eigenvalue weighted by Gasteiger charge is 2.09. The van der Waals surface area contributed by atoms with E-state index in [1.54, 1.807) is 30.5 Å². The largest absolute Gasteiger partial charge is 0.444 e. The van der Waals surface area contributed by atoms with Crippen molar-refractivity contribution in [2.75, 3.05) is 5.32 Å². The molecule has 0 bridgehead atoms. The Labute approximate surface area is 161 Å². The molecule has 0 aliphatic heterocycles. The third-order valence-electron chi connectivity index (χ3n) is 4.27. The number of carbonyl (C=O) groups excluding carboxylic acids is 1. The highest BCUT2D eigenvalue weighted by Crippen LogP contribution is 2.25. The van der Waals surface area contributed by atoms with Crippen molar-refractivity contribution in [3.05, 3.63) is 96.5 Å². The van der Waals surface area contributed by atoms with Crippen LogP contribution in [-0.2, 0) is 11.2 Å². The predicted molar refractivity (Wildman–Crippen MR) is 106 cm³/mol. The van der Waals surface area contributed by atoms with Gasteiger partial charge in [0.2, 0.25) is 11.8 Å². The van der Waals surface area contributed by atoms with E-state index in [0.717, 1.165) is 22.4 Å². The third-order valence-corrected chi connectivity index (χ3v) is 4.27. The molecular weight excluding hydrogens is 355 g/mol. The van der Waals surface area contributed by atoms with E-state index < -0.39 is 0 Å². The van der Waals surface area contributed by atoms with Gasteiger partial charge >= 0.3 is 0 Å². The molecule has 4 rings (SSSR count). The summed E-state index contributed by atoms with van der Waals surface area (Å²) in [5, 5.41) is 2.83. The number of aromatic nitrogens is 1. The minimum absolute atomic E-state index is 0.165. The Morgan fingerprint density at radius 2 is 1.61 bits per heavy atom. The smallest absolute Gasteiger partial charge is 0.228 e. The molecule has 5 heteroatoms. The maximum absolute atomic E-state index is 12.9. The second-order valence-corrected chi connectivity index (χ2v) is 6.33. The Morgan fingerprint density at radius 3 is 2.32 bits per heavy atom. The van der Waals surface area contributed by atoms with E-state index in [4.69, 9.17) is 4.42 Å². The van der Waals surface area contributed by atoms with Crippen molar-refractivity contribution in [1.82, 2.24) is 4.98 Å². The second kappa shape index (κ2) is 7.88. The molecule has 0 atom stereocenters. The maximum Gasteiger partial charge on any atom is 0.228 e. The van der Waals surface area contributed by atoms with Gasteiger partial charge < -0.3 is 9.73 Å². The summed E-state index contributed by atoms with van der Waals surface area (Å²) in [5.74, 6) is 0.0339. The van der Waals surface area contributed by atoms with Gasteiger partial charge in [-0.05, 0) is 42.0 Å². The molecule has 0 saturated carbocycles. The fraction of sp³-hybridized carbons (Fsp3) is 0.0435. The number of nitrogens with zero attached hydrogens (tertiary/aromatic N) is 1. The second-order valence-electron chi connectivity index (χ2n) is 6.33. The molecule has 0 unspecified atom stereocenters. The molecule has 138 valence electrons. The van der Waals surface area contributed by atoms with Gasteiger partial charge in [-0.1, -0.05) is 42.5 Å². The zero-order chi connectivity index (χ0) is 19.3. The first-order valence-corrected chi connectivity index (χ1v) is 8.83. The zero-order valence-corrected chi connectivity index (χ0v) is 14.9. The first kappa shape index (κ1) is 17.7. The van der Waals surface area contributed by atoms with Crippen LogP contribution in [0.1, 0.15) is 5.56 Å². The van der Waals surface area contributed by atoms with E-state index in [-0.39, 0.29) is 18.1 Å². The van der Waals surface area contributed by atoms with E-state index in [0.29, 0.717) is 11.6 Å². The van der Waals surface area contributed by atoms with Gasteiger partial charge in [-0.25, -0.2) is 9.37 Å². The van der Waals surface area contributed by atoms with Crippen molar-refractivity contribution in [3.63, 3.8) is 0 Å². The maximum atomic E-state index is 12.9. The van der Waals surface area contributed by atoms with Crippen molar-refractivity contribution >= 4 is 11.6 Å². The molecule has 0 radical (unpaired) electrons. The minimum atomic E-state index is -0.318. The summed E-state index contributed by atoms with van der Waals surface area (Å²) in [6.07, 6.45) is 1.81. The van der Waals surface area contributed by atoms with Crippen molar-refractivity contribution in [3.8, 4) is 22.7 Å². The standard InChI is InChI=1S/C23H17FN2O2/c24-19-10-6-16(7-11-19)14-22(27)25-20-12-8-18(9-13-20)23-26-21(15-28-23)17-4-2-1-3-5-17/h1-13,15H,14H2,(H,25,27). The number of halogens is 1. The average Bonchev–Trinajstić information content (AvgIpc) is 3.21. The molecule has 0 aliphatic rings. The summed E-state index contributed by atoms with van der Waals surface area (Å²) in [7, 11) is 0. The topological polar surface area (TPSA) is 55.1 Å². The van der Waals surface area contributed by atoms with Gasteiger partial charge in [-0.2, -0.15) is 0 Å². The Morgan fingerprint density at radius 1 is 0.893 bits per heavy atom. The average molecular weight is 372 g/mol. The summed E-state index contributed by atoms with van der Waals surface area (Å²) >= 11 is 0. The molecule has 0 spiro atoms. The molecule has 4 aromatic rings. The Bertz CT molecular complexity index is 1070. The van der Waals surface area contributed by atoms with Crippen molar-refractivity contribution in [2.24, 2.45) is 0 Å². The quantitative estimate of drug-likeness (QED) is 0.515. The van der Waals surface area contributed by atoms with Crippen LogP contribution in [0.15, 0.2) is 89.5 Å². The summed E-state index contributed by atoms with van der Waals surface area (Å²) in [4.78, 5) is 16.7. The van der Waals surface area contributed by atoms with Gasteiger partial charge in [-0.3, -0.25) is 4.79 Å². The molecule has 0 saturated heterocycles. The van der Waals surface area contributed by atoms with E-state index >= 15 is 0 Å². The highest BCUT2D eigenvalue weighted by molar-refractivity contribution is 5.92. The monoisotopic (exact) mass is 372 g/mol. The van der Waals surface area contributed by atoms with Gasteiger partial charge in [0.05, 0.1) is 6.42 Å². The highest BCUT2D eigenvalue weighted by atomic mass is 19.1. The molecule has 3 aromatic carbocycles. The molecule has 0 fully saturated rings. The van der Waals surface area contributed by atoms with Crippen LogP contribution in [0.5, 0.6) is 0 Å². The summed E-state index contributed by atoms with van der Waals surface area (Å²) < 4.78 is 18.5. The molecule has 28 heavy (non-hydrogen) atoms. The summed E-state index contributed by atoms with van der Waals surface area (Å²) in [6.45, 7) is 0. The van der Waals surface area contributed by atoms with Gasteiger partial charge in [0.25, 0.3) is 0 Å². The molecule has 1 heterocycles. The van der Waals surface area contributed by atoms with Gasteiger partial charge in [0, 0.05) is 16.8 Å². The van der Waals surface area contributed by atoms with Crippen LogP contribution in [0.4, 0.5) is 10.1 Å². The lowest BCUT2D eigenvalue weighted by molar-refractivity contribution is -0.115. The SMILES string of the molecule is O=C(Cc1ccc(F)cc1)Nc1ccc(-c2nc(-c3ccccc3)co2)cc1. The fourth-order valence-corrected chi connectivity index (χ4v) is 2.84. The predicted octanol–water partition coefficient (Wildman–Crippen LogP) is 5.33. The van der Waals surface area contributed by atoms with Crippen LogP contribution in [0.3, 0.4) is 0 Å². The summed E-state index contributed by atoms with van der Waals surface area (Å²) in [5.41, 5.74) is 4.00. The van der Waals surface area contributed by atoms with E-state index in [1.807, 2.05) is 42.5 Å². The lowest BCUT2D eigenvalue weighted by Gasteiger charge is -2.06. The van der Waals surface area contributed by atoms with Crippen LogP contribution < -0.4 is 5.32 Å². The summed E-state index contributed by atoms with van der Waals surface area (Å²) in [6, 6.07) is 23.0. The van der Waals surface area contributed by atoms with Crippen LogP contribution in [0, 0.1) is 5.82 Å². The first-order chi connectivity index (χ1) is 13.7. The Kier molecular flexibility index (Phi) is 4.97. The van der Waals surface area contributed by atoms with Gasteiger partial charge in [0.1, 0.15) is 17.8 Å². The number of hydrogen-bond donors (Lipinski definition) is 1. The number of benzene rings is 3. The van der Waals surface area contributed by atoms with Crippen LogP contribution in [0.2, 0.25) is 0 Å². The first-order valence-electron chi connectivity index (χ1n) is 8.83. The Balaban J connectivity index is 1.42. The molecule has 1 N–H and O–H groups in total. The number of rotatable bonds is 5. The normalized spacial score (nSPS) is 10.6. The Hall–Kier alpha value is -3.73. The molecule has 0 aliphatic carbocycles. The van der Waals surface area contributed by atoms with Crippen LogP contribution in [0.25, 0.3) is 22.7 Å². The molecular formula is C23H17FN2O2. The number of anilines is 1. The molecule has 1 amide bonds. The zero-order valence-electron chi connectivity index (χ0n) is 14.9. The van der Waals surface area contributed by atoms with Crippen molar-refractivity contribution < 1.29 is 13.6 Å². The lowest BCUT2D eigenvalue weighted by Crippen LogP contribution is -2.14. The van der Waals surface area contributed by atoms with Crippen LogP contribution in [-0.4, -0.2) is 10.9 Å². The van der Waals surface area contributed by atoms with E-state index in [2.05, 4.69) is 10.3 Å². The fourth-order valence-electron chi connectivity index (χ4n) is 2.84. The minimum Gasteiger partial charge on any atom is -0.444 e. The van der Waals surface area contributed by atoms with Gasteiger partial charge in [-0.15, -0.1) is 0 Å². The third kappa shape index (κ3) is 4.15.